The summed E-state index contributed by atoms with van der Waals surface area (Å²) in [6, 6.07) is 3.82. The number of halogens is 2. The fourth-order valence-corrected chi connectivity index (χ4v) is 8.44. The lowest BCUT2D eigenvalue weighted by Gasteiger charge is -3.11. The lowest BCUT2D eigenvalue weighted by Crippen LogP contribution is -3.11. The molecule has 6 fully saturated rings. The van der Waals surface area contributed by atoms with Crippen molar-refractivity contribution in [3.8, 4) is 0 Å². The van der Waals surface area contributed by atoms with E-state index >= 15 is 0 Å². The van der Waals surface area contributed by atoms with Crippen molar-refractivity contribution in [2.45, 2.75) is 6.42 Å². The molecule has 0 atom stereocenters. The second kappa shape index (κ2) is 5.09. The van der Waals surface area contributed by atoms with Crippen LogP contribution < -0.4 is 0 Å². The minimum atomic E-state index is -0.701. The van der Waals surface area contributed by atoms with Crippen molar-refractivity contribution in [3.05, 3.63) is 40.2 Å². The summed E-state index contributed by atoms with van der Waals surface area (Å²) in [6.45, 7) is 0. The molecule has 0 heterocycles. The molecular weight excluding hydrogens is 399 g/mol. The van der Waals surface area contributed by atoms with Gasteiger partial charge in [0.2, 0.25) is 0 Å². The minimum absolute atomic E-state index is 0.0290. The first kappa shape index (κ1) is 17.6. The molecule has 0 spiro atoms. The Bertz CT molecular complexity index is 1010. The van der Waals surface area contributed by atoms with Gasteiger partial charge in [-0.2, -0.15) is 0 Å². The van der Waals surface area contributed by atoms with Gasteiger partial charge in [-0.25, -0.2) is 9.18 Å². The predicted molar refractivity (Wildman–Crippen MR) is 98.8 cm³/mol. The highest BCUT2D eigenvalue weighted by atomic mass is 35.5. The van der Waals surface area contributed by atoms with Gasteiger partial charge in [-0.3, -0.25) is 9.59 Å². The molecule has 0 amide bonds. The van der Waals surface area contributed by atoms with Gasteiger partial charge in [-0.05, 0) is 64.7 Å². The zero-order chi connectivity index (χ0) is 20.5. The van der Waals surface area contributed by atoms with Gasteiger partial charge >= 0.3 is 11.9 Å². The normalized spacial score (nSPS) is 43.5. The van der Waals surface area contributed by atoms with Gasteiger partial charge in [0.1, 0.15) is 11.4 Å². The van der Waals surface area contributed by atoms with Gasteiger partial charge in [-0.15, -0.1) is 0 Å². The number of carbonyl (C=O) groups is 3. The topological polar surface area (TPSA) is 69.7 Å². The molecule has 7 heteroatoms. The van der Waals surface area contributed by atoms with Crippen molar-refractivity contribution in [1.82, 2.24) is 0 Å². The summed E-state index contributed by atoms with van der Waals surface area (Å²) in [5, 5.41) is 0.130. The van der Waals surface area contributed by atoms with Gasteiger partial charge in [-0.1, -0.05) is 17.7 Å². The highest BCUT2D eigenvalue weighted by Gasteiger charge is 3.10. The number of esters is 2. The smallest absolute Gasteiger partial charge is 0.341 e. The Hall–Kier alpha value is -2.21. The van der Waals surface area contributed by atoms with Crippen LogP contribution in [0.4, 0.5) is 4.39 Å². The molecule has 0 unspecified atom stereocenters. The molecule has 0 bridgehead atoms. The molecule has 0 saturated heterocycles. The third-order valence-electron chi connectivity index (χ3n) is 8.82. The molecule has 1 aromatic rings. The summed E-state index contributed by atoms with van der Waals surface area (Å²) < 4.78 is 23.1. The van der Waals surface area contributed by atoms with Gasteiger partial charge in [0.05, 0.1) is 25.7 Å². The average molecular weight is 417 g/mol. The van der Waals surface area contributed by atoms with Crippen molar-refractivity contribution < 1.29 is 28.2 Å². The number of Topliss-reactive ketones (excluding diaryl/α,β-unsaturated/α-hetero) is 1. The number of ketones is 1. The maximum atomic E-state index is 13.5. The van der Waals surface area contributed by atoms with Crippen LogP contribution in [0.5, 0.6) is 0 Å². The summed E-state index contributed by atoms with van der Waals surface area (Å²) in [7, 11) is 2.64. The Labute approximate surface area is 171 Å². The maximum Gasteiger partial charge on any atom is 0.341 e. The van der Waals surface area contributed by atoms with E-state index in [0.29, 0.717) is 29.7 Å². The van der Waals surface area contributed by atoms with E-state index in [1.807, 2.05) is 0 Å². The fourth-order valence-electron chi connectivity index (χ4n) is 8.22. The first-order chi connectivity index (χ1) is 13.8. The Kier molecular flexibility index (Phi) is 3.10. The van der Waals surface area contributed by atoms with Crippen LogP contribution in [0.1, 0.15) is 12.0 Å². The molecule has 7 rings (SSSR count). The van der Waals surface area contributed by atoms with Crippen LogP contribution in [-0.4, -0.2) is 31.9 Å². The molecule has 6 saturated carbocycles. The van der Waals surface area contributed by atoms with Crippen LogP contribution in [0, 0.1) is 52.2 Å². The summed E-state index contributed by atoms with van der Waals surface area (Å²) >= 11 is 6.09. The van der Waals surface area contributed by atoms with E-state index in [2.05, 4.69) is 0 Å². The average Bonchev–Trinajstić information content (AvgIpc) is 2.72. The predicted octanol–water partition coefficient (Wildman–Crippen LogP) is 2.91. The number of methoxy groups -OCH3 is 2. The quantitative estimate of drug-likeness (QED) is 0.309. The second-order valence-corrected chi connectivity index (χ2v) is 9.40. The molecule has 1 aromatic carbocycles. The van der Waals surface area contributed by atoms with Crippen molar-refractivity contribution in [3.63, 3.8) is 0 Å². The number of benzene rings is 1. The highest BCUT2D eigenvalue weighted by molar-refractivity contribution is 6.33. The second-order valence-electron chi connectivity index (χ2n) is 9.00. The van der Waals surface area contributed by atoms with E-state index in [4.69, 9.17) is 21.1 Å². The van der Waals surface area contributed by atoms with Crippen LogP contribution in [0.15, 0.2) is 23.8 Å². The number of hydrogen-bond donors (Lipinski definition) is 0. The minimum Gasteiger partial charge on any atom is -0.469 e. The highest BCUT2D eigenvalue weighted by Crippen LogP contribution is 3.11. The number of rotatable bonds is 6. The summed E-state index contributed by atoms with van der Waals surface area (Å²) in [6.07, 6.45) is 1.86. The van der Waals surface area contributed by atoms with E-state index in [-0.39, 0.29) is 45.5 Å². The number of hydrogen-bond acceptors (Lipinski definition) is 5. The molecule has 0 N–H and O–H groups in total. The fraction of sp³-hybridized carbons (Fsp3) is 0.500. The third kappa shape index (κ3) is 1.53. The molecule has 0 aliphatic heterocycles. The monoisotopic (exact) mass is 416 g/mol. The van der Waals surface area contributed by atoms with Crippen LogP contribution in [-0.2, 0) is 23.9 Å². The van der Waals surface area contributed by atoms with E-state index < -0.39 is 17.2 Å². The van der Waals surface area contributed by atoms with Crippen LogP contribution in [0.25, 0.3) is 6.08 Å². The van der Waals surface area contributed by atoms with Crippen molar-refractivity contribution in [1.29, 1.82) is 0 Å². The third-order valence-corrected chi connectivity index (χ3v) is 9.15. The van der Waals surface area contributed by atoms with Crippen molar-refractivity contribution in [2.24, 2.45) is 46.3 Å². The first-order valence-corrected chi connectivity index (χ1v) is 10.1. The van der Waals surface area contributed by atoms with Crippen LogP contribution in [0.2, 0.25) is 5.02 Å². The summed E-state index contributed by atoms with van der Waals surface area (Å²) in [4.78, 5) is 37.8. The lowest BCUT2D eigenvalue weighted by atomic mass is 8.91. The number of carbonyl (C=O) groups excluding carboxylic acids is 3. The van der Waals surface area contributed by atoms with Crippen molar-refractivity contribution in [2.75, 3.05) is 14.2 Å². The molecule has 29 heavy (non-hydrogen) atoms. The molecule has 150 valence electrons. The molecule has 0 radical (unpaired) electrons. The SMILES string of the molecule is COC(=O)CC12C3C4C1C1C2C3C41C(=O)/C(=C/c1ccc(F)cc1Cl)C(=O)OC. The molecule has 6 aliphatic carbocycles. The van der Waals surface area contributed by atoms with E-state index in [1.165, 1.54) is 32.4 Å². The van der Waals surface area contributed by atoms with Crippen LogP contribution >= 0.6 is 11.6 Å². The largest absolute Gasteiger partial charge is 0.469 e. The van der Waals surface area contributed by atoms with E-state index in [9.17, 15) is 18.8 Å². The standard InChI is InChI=1S/C22H18ClFO5/c1-28-12(25)7-21-13-16-14(21)18-15(21)17(13)22(16,18)19(26)10(20(27)29-2)5-8-3-4-9(24)6-11(8)23/h3-6,13-18H,7H2,1-2H3/b10-5-. The maximum absolute atomic E-state index is 13.5. The molecule has 6 aliphatic rings. The van der Waals surface area contributed by atoms with Crippen LogP contribution in [0.3, 0.4) is 0 Å². The molecular formula is C22H18ClFO5. The Morgan fingerprint density at radius 2 is 1.69 bits per heavy atom. The summed E-state index contributed by atoms with van der Waals surface area (Å²) in [5.74, 6) is 0.436. The van der Waals surface area contributed by atoms with Crippen molar-refractivity contribution >= 4 is 35.4 Å². The first-order valence-electron chi connectivity index (χ1n) is 9.72. The zero-order valence-electron chi connectivity index (χ0n) is 15.8. The van der Waals surface area contributed by atoms with Gasteiger partial charge in [0.15, 0.2) is 5.78 Å². The Morgan fingerprint density at radius 1 is 1.07 bits per heavy atom. The van der Waals surface area contributed by atoms with Gasteiger partial charge in [0, 0.05) is 5.41 Å². The van der Waals surface area contributed by atoms with E-state index in [1.54, 1.807) is 0 Å². The van der Waals surface area contributed by atoms with Gasteiger partial charge in [0.25, 0.3) is 0 Å². The van der Waals surface area contributed by atoms with Gasteiger partial charge < -0.3 is 9.47 Å². The summed E-state index contributed by atoms with van der Waals surface area (Å²) in [5.41, 5.74) is -0.0332. The Morgan fingerprint density at radius 3 is 2.21 bits per heavy atom. The lowest BCUT2D eigenvalue weighted by molar-refractivity contribution is -0.639. The zero-order valence-corrected chi connectivity index (χ0v) is 16.5. The van der Waals surface area contributed by atoms with E-state index in [0.717, 1.165) is 6.07 Å². The molecule has 0 aromatic heterocycles. The Balaban J connectivity index is 1.30. The number of ether oxygens (including phenoxy) is 2. The molecule has 5 nitrogen and oxygen atoms in total.